The van der Waals surface area contributed by atoms with Gasteiger partial charge in [-0.15, -0.1) is 0 Å². The van der Waals surface area contributed by atoms with E-state index >= 15 is 0 Å². The Labute approximate surface area is 89.1 Å². The summed E-state index contributed by atoms with van der Waals surface area (Å²) in [5, 5.41) is 9.02. The van der Waals surface area contributed by atoms with E-state index in [0.717, 1.165) is 0 Å². The van der Waals surface area contributed by atoms with Gasteiger partial charge >= 0.3 is 0 Å². The van der Waals surface area contributed by atoms with Gasteiger partial charge in [0.15, 0.2) is 8.32 Å². The monoisotopic (exact) mass is 216 g/mol. The molecule has 1 atom stereocenters. The highest BCUT2D eigenvalue weighted by molar-refractivity contribution is 6.73. The third-order valence-corrected chi connectivity index (χ3v) is 7.48. The number of hydrogen-bond acceptors (Lipinski definition) is 2. The van der Waals surface area contributed by atoms with Crippen LogP contribution in [0.25, 0.3) is 0 Å². The topological polar surface area (TPSA) is 29.5 Å². The molecule has 0 radical (unpaired) electrons. The van der Waals surface area contributed by atoms with Crippen LogP contribution < -0.4 is 0 Å². The number of rotatable bonds is 7. The van der Waals surface area contributed by atoms with Crippen LogP contribution in [0.4, 0.5) is 0 Å². The minimum absolute atomic E-state index is 0.362. The summed E-state index contributed by atoms with van der Waals surface area (Å²) in [6.07, 6.45) is 3.34. The minimum Gasteiger partial charge on any atom is -0.413 e. The van der Waals surface area contributed by atoms with Crippen LogP contribution in [-0.2, 0) is 4.43 Å². The summed E-state index contributed by atoms with van der Waals surface area (Å²) < 4.78 is 5.97. The summed E-state index contributed by atoms with van der Waals surface area (Å²) in [4.78, 5) is 0. The highest BCUT2D eigenvalue weighted by Crippen LogP contribution is 2.21. The smallest absolute Gasteiger partial charge is 0.192 e. The SMILES string of the molecule is CC[Si](CC)(CC)OC/C=C\[C@H](C)O. The zero-order valence-electron chi connectivity index (χ0n) is 9.92. The van der Waals surface area contributed by atoms with Crippen LogP contribution in [0.3, 0.4) is 0 Å². The molecule has 2 nitrogen and oxygen atoms in total. The average molecular weight is 216 g/mol. The number of aliphatic hydroxyl groups excluding tert-OH is 1. The first-order valence-electron chi connectivity index (χ1n) is 5.59. The Bertz CT molecular complexity index is 154. The van der Waals surface area contributed by atoms with Gasteiger partial charge in [0, 0.05) is 0 Å². The van der Waals surface area contributed by atoms with E-state index in [1.807, 2.05) is 6.08 Å². The van der Waals surface area contributed by atoms with Gasteiger partial charge in [0.05, 0.1) is 12.7 Å². The van der Waals surface area contributed by atoms with E-state index in [1.165, 1.54) is 18.1 Å². The molecule has 0 rings (SSSR count). The zero-order chi connectivity index (χ0) is 11.0. The summed E-state index contributed by atoms with van der Waals surface area (Å²) in [5.41, 5.74) is 0. The van der Waals surface area contributed by atoms with Crippen molar-refractivity contribution in [3.05, 3.63) is 12.2 Å². The van der Waals surface area contributed by atoms with Crippen molar-refractivity contribution in [3.8, 4) is 0 Å². The third-order valence-electron chi connectivity index (χ3n) is 2.83. The zero-order valence-corrected chi connectivity index (χ0v) is 10.9. The van der Waals surface area contributed by atoms with Gasteiger partial charge < -0.3 is 9.53 Å². The van der Waals surface area contributed by atoms with Crippen molar-refractivity contribution in [1.29, 1.82) is 0 Å². The van der Waals surface area contributed by atoms with E-state index in [2.05, 4.69) is 20.8 Å². The van der Waals surface area contributed by atoms with Gasteiger partial charge in [0.2, 0.25) is 0 Å². The molecule has 0 spiro atoms. The van der Waals surface area contributed by atoms with Crippen LogP contribution >= 0.6 is 0 Å². The van der Waals surface area contributed by atoms with Gasteiger partial charge in [-0.2, -0.15) is 0 Å². The standard InChI is InChI=1S/C11H24O2Si/c1-5-14(6-2,7-3)13-10-8-9-11(4)12/h8-9,11-12H,5-7,10H2,1-4H3/b9-8-/t11-/m0/s1. The third kappa shape index (κ3) is 4.93. The summed E-state index contributed by atoms with van der Waals surface area (Å²) in [6, 6.07) is 3.55. The van der Waals surface area contributed by atoms with Gasteiger partial charge in [-0.25, -0.2) is 0 Å². The molecular weight excluding hydrogens is 192 g/mol. The maximum absolute atomic E-state index is 9.02. The predicted molar refractivity (Wildman–Crippen MR) is 64.0 cm³/mol. The summed E-state index contributed by atoms with van der Waals surface area (Å²) in [5.74, 6) is 0. The second-order valence-corrected chi connectivity index (χ2v) is 8.50. The summed E-state index contributed by atoms with van der Waals surface area (Å²) in [6.45, 7) is 9.07. The van der Waals surface area contributed by atoms with E-state index in [-0.39, 0.29) is 6.10 Å². The molecule has 0 aliphatic heterocycles. The van der Waals surface area contributed by atoms with Crippen LogP contribution in [0, 0.1) is 0 Å². The van der Waals surface area contributed by atoms with Crippen molar-refractivity contribution >= 4 is 8.32 Å². The molecule has 0 aromatic carbocycles. The molecule has 0 amide bonds. The van der Waals surface area contributed by atoms with Crippen LogP contribution in [0.1, 0.15) is 27.7 Å². The van der Waals surface area contributed by atoms with Crippen LogP contribution in [0.5, 0.6) is 0 Å². The Morgan fingerprint density at radius 3 is 2.07 bits per heavy atom. The van der Waals surface area contributed by atoms with Crippen molar-refractivity contribution in [2.75, 3.05) is 6.61 Å². The molecule has 3 heteroatoms. The molecule has 0 bridgehead atoms. The molecule has 1 N–H and O–H groups in total. The van der Waals surface area contributed by atoms with Crippen molar-refractivity contribution < 1.29 is 9.53 Å². The molecule has 0 aromatic heterocycles. The molecule has 0 saturated heterocycles. The summed E-state index contributed by atoms with van der Waals surface area (Å²) >= 11 is 0. The van der Waals surface area contributed by atoms with Gasteiger partial charge in [-0.05, 0) is 25.1 Å². The average Bonchev–Trinajstić information content (AvgIpc) is 2.19. The first-order valence-corrected chi connectivity index (χ1v) is 8.11. The second kappa shape index (κ2) is 7.21. The Kier molecular flexibility index (Phi) is 7.14. The molecule has 0 saturated carbocycles. The van der Waals surface area contributed by atoms with Gasteiger partial charge in [-0.3, -0.25) is 0 Å². The fourth-order valence-corrected chi connectivity index (χ4v) is 4.10. The van der Waals surface area contributed by atoms with Crippen molar-refractivity contribution in [2.24, 2.45) is 0 Å². The van der Waals surface area contributed by atoms with Gasteiger partial charge in [0.1, 0.15) is 0 Å². The number of hydrogen-bond donors (Lipinski definition) is 1. The van der Waals surface area contributed by atoms with E-state index < -0.39 is 8.32 Å². The molecule has 84 valence electrons. The molecular formula is C11H24O2Si. The molecule has 0 aliphatic carbocycles. The summed E-state index contributed by atoms with van der Waals surface area (Å²) in [7, 11) is -1.42. The van der Waals surface area contributed by atoms with Crippen LogP contribution in [-0.4, -0.2) is 26.1 Å². The van der Waals surface area contributed by atoms with E-state index in [9.17, 15) is 0 Å². The first kappa shape index (κ1) is 13.9. The van der Waals surface area contributed by atoms with Crippen molar-refractivity contribution in [1.82, 2.24) is 0 Å². The second-order valence-electron chi connectivity index (χ2n) is 3.72. The maximum atomic E-state index is 9.02. The fourth-order valence-electron chi connectivity index (χ4n) is 1.53. The molecule has 0 heterocycles. The molecule has 0 aliphatic rings. The van der Waals surface area contributed by atoms with Crippen molar-refractivity contribution in [3.63, 3.8) is 0 Å². The minimum atomic E-state index is -1.42. The lowest BCUT2D eigenvalue weighted by atomic mass is 10.4. The lowest BCUT2D eigenvalue weighted by Gasteiger charge is -2.27. The quantitative estimate of drug-likeness (QED) is 0.524. The maximum Gasteiger partial charge on any atom is 0.192 e. The molecule has 0 unspecified atom stereocenters. The van der Waals surface area contributed by atoms with E-state index in [0.29, 0.717) is 6.61 Å². The predicted octanol–water partition coefficient (Wildman–Crippen LogP) is 2.95. The van der Waals surface area contributed by atoms with Crippen molar-refractivity contribution in [2.45, 2.75) is 51.9 Å². The highest BCUT2D eigenvalue weighted by atomic mass is 28.4. The van der Waals surface area contributed by atoms with E-state index in [1.54, 1.807) is 13.0 Å². The molecule has 0 aromatic rings. The normalized spacial score (nSPS) is 14.9. The lowest BCUT2D eigenvalue weighted by Crippen LogP contribution is -2.35. The Morgan fingerprint density at radius 1 is 1.21 bits per heavy atom. The Hall–Kier alpha value is -0.123. The number of aliphatic hydroxyl groups is 1. The largest absolute Gasteiger partial charge is 0.413 e. The molecule has 14 heavy (non-hydrogen) atoms. The first-order chi connectivity index (χ1) is 6.60. The van der Waals surface area contributed by atoms with Crippen LogP contribution in [0.15, 0.2) is 12.2 Å². The van der Waals surface area contributed by atoms with Gasteiger partial charge in [0.25, 0.3) is 0 Å². The van der Waals surface area contributed by atoms with Gasteiger partial charge in [-0.1, -0.05) is 32.9 Å². The van der Waals surface area contributed by atoms with E-state index in [4.69, 9.17) is 9.53 Å². The van der Waals surface area contributed by atoms with Crippen LogP contribution in [0.2, 0.25) is 18.1 Å². The fraction of sp³-hybridized carbons (Fsp3) is 0.818. The molecule has 0 fully saturated rings. The Morgan fingerprint density at radius 2 is 1.71 bits per heavy atom. The highest BCUT2D eigenvalue weighted by Gasteiger charge is 2.27. The lowest BCUT2D eigenvalue weighted by molar-refractivity contribution is 0.242. The Balaban J connectivity index is 3.94.